The smallest absolute Gasteiger partial charge is 0.262 e. The maximum atomic E-state index is 12.4. The van der Waals surface area contributed by atoms with Gasteiger partial charge in [-0.2, -0.15) is 0 Å². The second-order valence-corrected chi connectivity index (χ2v) is 9.27. The molecule has 0 aliphatic carbocycles. The summed E-state index contributed by atoms with van der Waals surface area (Å²) in [6.45, 7) is 4.14. The van der Waals surface area contributed by atoms with E-state index >= 15 is 0 Å². The molecule has 9 heteroatoms. The predicted molar refractivity (Wildman–Crippen MR) is 121 cm³/mol. The van der Waals surface area contributed by atoms with Gasteiger partial charge in [-0.25, -0.2) is 9.97 Å². The summed E-state index contributed by atoms with van der Waals surface area (Å²) < 4.78 is 1.48. The van der Waals surface area contributed by atoms with Gasteiger partial charge in [0.2, 0.25) is 5.91 Å². The van der Waals surface area contributed by atoms with Gasteiger partial charge in [0.05, 0.1) is 16.8 Å². The molecule has 0 saturated heterocycles. The number of benzene rings is 1. The van der Waals surface area contributed by atoms with Gasteiger partial charge in [-0.3, -0.25) is 14.2 Å². The van der Waals surface area contributed by atoms with E-state index in [1.54, 1.807) is 13.1 Å². The van der Waals surface area contributed by atoms with Crippen LogP contribution < -0.4 is 10.9 Å². The Balaban J connectivity index is 1.43. The van der Waals surface area contributed by atoms with E-state index in [1.165, 1.54) is 50.1 Å². The van der Waals surface area contributed by atoms with E-state index in [4.69, 9.17) is 0 Å². The Labute approximate surface area is 179 Å². The lowest BCUT2D eigenvalue weighted by molar-refractivity contribution is -0.113. The zero-order valence-corrected chi connectivity index (χ0v) is 18.5. The highest BCUT2D eigenvalue weighted by atomic mass is 32.2. The Bertz CT molecular complexity index is 1270. The van der Waals surface area contributed by atoms with Crippen LogP contribution in [0.5, 0.6) is 0 Å². The molecule has 0 fully saturated rings. The Morgan fingerprint density at radius 1 is 1.17 bits per heavy atom. The molecule has 0 atom stereocenters. The number of carbonyl (C=O) groups is 1. The number of nitrogens with one attached hydrogen (secondary N) is 1. The highest BCUT2D eigenvalue weighted by molar-refractivity contribution is 7.99. The van der Waals surface area contributed by atoms with Gasteiger partial charge in [0.1, 0.15) is 4.83 Å². The van der Waals surface area contributed by atoms with E-state index in [9.17, 15) is 9.59 Å². The minimum absolute atomic E-state index is 0.0999. The first kappa shape index (κ1) is 19.8. The van der Waals surface area contributed by atoms with Crippen LogP contribution in [0.15, 0.2) is 45.0 Å². The van der Waals surface area contributed by atoms with Gasteiger partial charge >= 0.3 is 0 Å². The zero-order valence-electron chi connectivity index (χ0n) is 16.1. The first-order valence-corrected chi connectivity index (χ1v) is 11.6. The summed E-state index contributed by atoms with van der Waals surface area (Å²) in [6, 6.07) is 7.97. The lowest BCUT2D eigenvalue weighted by Crippen LogP contribution is -2.20. The molecule has 0 aliphatic rings. The number of thiazole rings is 1. The van der Waals surface area contributed by atoms with Crippen LogP contribution in [0.3, 0.4) is 0 Å². The molecule has 0 radical (unpaired) electrons. The number of rotatable bonds is 5. The summed E-state index contributed by atoms with van der Waals surface area (Å²) in [4.78, 5) is 34.4. The zero-order chi connectivity index (χ0) is 20.5. The summed E-state index contributed by atoms with van der Waals surface area (Å²) >= 11 is 4.05. The van der Waals surface area contributed by atoms with Crippen LogP contribution in [-0.2, 0) is 11.8 Å². The van der Waals surface area contributed by atoms with Crippen molar-refractivity contribution in [2.45, 2.75) is 19.0 Å². The number of hydrogen-bond donors (Lipinski definition) is 1. The number of fused-ring (bicyclic) bond motifs is 1. The molecule has 4 rings (SSSR count). The molecule has 3 aromatic heterocycles. The Kier molecular flexibility index (Phi) is 5.53. The quantitative estimate of drug-likeness (QED) is 0.365. The van der Waals surface area contributed by atoms with Crippen molar-refractivity contribution < 1.29 is 4.79 Å². The summed E-state index contributed by atoms with van der Waals surface area (Å²) in [5.74, 6) is -0.0353. The third kappa shape index (κ3) is 4.12. The number of nitrogens with zero attached hydrogens (tertiary/aromatic N) is 3. The molecule has 3 heterocycles. The van der Waals surface area contributed by atoms with Crippen LogP contribution in [0.2, 0.25) is 0 Å². The molecule has 1 amide bonds. The molecule has 6 nitrogen and oxygen atoms in total. The first-order chi connectivity index (χ1) is 13.9. The fourth-order valence-electron chi connectivity index (χ4n) is 2.76. The lowest BCUT2D eigenvalue weighted by Gasteiger charge is -2.06. The fraction of sp³-hybridized carbons (Fsp3) is 0.200. The molecule has 148 valence electrons. The van der Waals surface area contributed by atoms with Crippen LogP contribution in [-0.4, -0.2) is 26.2 Å². The molecule has 4 aromatic rings. The molecular weight excluding hydrogens is 424 g/mol. The number of hydrogen-bond acceptors (Lipinski definition) is 7. The fourth-order valence-corrected chi connectivity index (χ4v) is 5.07. The Hall–Kier alpha value is -2.49. The summed E-state index contributed by atoms with van der Waals surface area (Å²) in [5.41, 5.74) is 4.21. The standard InChI is InChI=1S/C20H18N4O2S3/c1-11-4-5-13(8-12(11)2)15-9-28-19(21-15)22-16(25)10-29-20-23-17-14(6-7-27-17)18(26)24(20)3/h4-9H,10H2,1-3H3,(H,21,22,25). The molecule has 0 spiro atoms. The van der Waals surface area contributed by atoms with Gasteiger partial charge in [0.15, 0.2) is 10.3 Å². The van der Waals surface area contributed by atoms with E-state index in [2.05, 4.69) is 41.3 Å². The highest BCUT2D eigenvalue weighted by Gasteiger charge is 2.13. The first-order valence-electron chi connectivity index (χ1n) is 8.82. The van der Waals surface area contributed by atoms with Crippen molar-refractivity contribution in [3.63, 3.8) is 0 Å². The molecule has 29 heavy (non-hydrogen) atoms. The Morgan fingerprint density at radius 2 is 2.00 bits per heavy atom. The van der Waals surface area contributed by atoms with E-state index in [0.717, 1.165) is 11.3 Å². The summed E-state index contributed by atoms with van der Waals surface area (Å²) in [5, 5.41) is 8.29. The number of aryl methyl sites for hydroxylation is 2. The Morgan fingerprint density at radius 3 is 2.79 bits per heavy atom. The van der Waals surface area contributed by atoms with Crippen LogP contribution >= 0.6 is 34.4 Å². The summed E-state index contributed by atoms with van der Waals surface area (Å²) in [6.07, 6.45) is 0. The number of thioether (sulfide) groups is 1. The van der Waals surface area contributed by atoms with Gasteiger partial charge in [-0.1, -0.05) is 23.9 Å². The average Bonchev–Trinajstić information content (AvgIpc) is 3.35. The van der Waals surface area contributed by atoms with Crippen molar-refractivity contribution >= 4 is 55.7 Å². The monoisotopic (exact) mass is 442 g/mol. The van der Waals surface area contributed by atoms with Gasteiger partial charge in [-0.15, -0.1) is 22.7 Å². The van der Waals surface area contributed by atoms with E-state index in [1.807, 2.05) is 16.8 Å². The highest BCUT2D eigenvalue weighted by Crippen LogP contribution is 2.27. The van der Waals surface area contributed by atoms with Crippen LogP contribution in [0, 0.1) is 13.8 Å². The number of thiophene rings is 1. The van der Waals surface area contributed by atoms with E-state index in [0.29, 0.717) is 20.5 Å². The van der Waals surface area contributed by atoms with Crippen LogP contribution in [0.4, 0.5) is 5.13 Å². The molecule has 0 aliphatic heterocycles. The van der Waals surface area contributed by atoms with Crippen LogP contribution in [0.25, 0.3) is 21.5 Å². The second-order valence-electron chi connectivity index (χ2n) is 6.57. The second kappa shape index (κ2) is 8.10. The predicted octanol–water partition coefficient (Wildman–Crippen LogP) is 4.47. The normalized spacial score (nSPS) is 11.1. The molecule has 0 bridgehead atoms. The van der Waals surface area contributed by atoms with Crippen molar-refractivity contribution in [2.24, 2.45) is 7.05 Å². The number of aromatic nitrogens is 3. The van der Waals surface area contributed by atoms with Crippen molar-refractivity contribution in [1.82, 2.24) is 14.5 Å². The van der Waals surface area contributed by atoms with Crippen molar-refractivity contribution in [3.05, 3.63) is 56.5 Å². The average molecular weight is 443 g/mol. The number of amides is 1. The lowest BCUT2D eigenvalue weighted by atomic mass is 10.1. The summed E-state index contributed by atoms with van der Waals surface area (Å²) in [7, 11) is 1.67. The molecule has 0 saturated carbocycles. The largest absolute Gasteiger partial charge is 0.301 e. The molecular formula is C20H18N4O2S3. The third-order valence-corrected chi connectivity index (χ3v) is 7.14. The topological polar surface area (TPSA) is 76.9 Å². The van der Waals surface area contributed by atoms with E-state index in [-0.39, 0.29) is 17.2 Å². The number of carbonyl (C=O) groups excluding carboxylic acids is 1. The van der Waals surface area contributed by atoms with Crippen molar-refractivity contribution in [2.75, 3.05) is 11.1 Å². The minimum atomic E-state index is -0.184. The SMILES string of the molecule is Cc1ccc(-c2csc(NC(=O)CSc3nc4sccc4c(=O)n3C)n2)cc1C. The molecule has 0 unspecified atom stereocenters. The number of anilines is 1. The maximum absolute atomic E-state index is 12.4. The van der Waals surface area contributed by atoms with Gasteiger partial charge < -0.3 is 5.32 Å². The maximum Gasteiger partial charge on any atom is 0.262 e. The van der Waals surface area contributed by atoms with Gasteiger partial charge in [0.25, 0.3) is 5.56 Å². The van der Waals surface area contributed by atoms with Gasteiger partial charge in [-0.05, 0) is 42.5 Å². The minimum Gasteiger partial charge on any atom is -0.301 e. The molecule has 1 aromatic carbocycles. The van der Waals surface area contributed by atoms with Gasteiger partial charge in [0, 0.05) is 18.0 Å². The van der Waals surface area contributed by atoms with Crippen molar-refractivity contribution in [1.29, 1.82) is 0 Å². The third-order valence-electron chi connectivity index (χ3n) is 4.55. The van der Waals surface area contributed by atoms with E-state index < -0.39 is 0 Å². The van der Waals surface area contributed by atoms with Crippen molar-refractivity contribution in [3.8, 4) is 11.3 Å². The molecule has 1 N–H and O–H groups in total. The van der Waals surface area contributed by atoms with Crippen LogP contribution in [0.1, 0.15) is 11.1 Å².